The summed E-state index contributed by atoms with van der Waals surface area (Å²) in [6, 6.07) is 16.4. The number of benzene rings is 2. The van der Waals surface area contributed by atoms with Gasteiger partial charge in [0, 0.05) is 23.3 Å². The SMILES string of the molecule is N=C1/C(=C/c2ccc(-c3ccc([N+](=O)[O-])cc3)o2)C(=O)N=C2SC(c3ccccc3Cl)=NN12. The van der Waals surface area contributed by atoms with E-state index in [4.69, 9.17) is 21.4 Å². The van der Waals surface area contributed by atoms with Crippen LogP contribution in [0.25, 0.3) is 17.4 Å². The lowest BCUT2D eigenvalue weighted by atomic mass is 10.1. The monoisotopic (exact) mass is 477 g/mol. The van der Waals surface area contributed by atoms with Crippen LogP contribution in [0.15, 0.2) is 80.7 Å². The highest BCUT2D eigenvalue weighted by Crippen LogP contribution is 2.33. The number of nitrogens with zero attached hydrogens (tertiary/aromatic N) is 4. The molecular weight excluding hydrogens is 466 g/mol. The fourth-order valence-electron chi connectivity index (χ4n) is 3.21. The molecule has 0 atom stereocenters. The quantitative estimate of drug-likeness (QED) is 0.313. The molecule has 3 aromatic rings. The van der Waals surface area contributed by atoms with Gasteiger partial charge >= 0.3 is 0 Å². The summed E-state index contributed by atoms with van der Waals surface area (Å²) in [5.74, 6) is 0.0826. The van der Waals surface area contributed by atoms with Crippen LogP contribution in [0.5, 0.6) is 0 Å². The number of carbonyl (C=O) groups excluding carboxylic acids is 1. The van der Waals surface area contributed by atoms with Crippen LogP contribution in [-0.2, 0) is 4.79 Å². The van der Waals surface area contributed by atoms with E-state index in [1.165, 1.54) is 23.2 Å². The number of nitro groups is 1. The van der Waals surface area contributed by atoms with Gasteiger partial charge in [-0.2, -0.15) is 15.1 Å². The summed E-state index contributed by atoms with van der Waals surface area (Å²) in [4.78, 5) is 27.0. The van der Waals surface area contributed by atoms with E-state index in [1.807, 2.05) is 6.07 Å². The topological polar surface area (TPSA) is 125 Å². The first-order valence-corrected chi connectivity index (χ1v) is 10.7. The first-order valence-electron chi connectivity index (χ1n) is 9.50. The molecule has 162 valence electrons. The maximum Gasteiger partial charge on any atom is 0.283 e. The van der Waals surface area contributed by atoms with Crippen LogP contribution in [0.3, 0.4) is 0 Å². The number of aliphatic imine (C=N–C) groups is 1. The Morgan fingerprint density at radius 1 is 1.12 bits per heavy atom. The van der Waals surface area contributed by atoms with E-state index in [-0.39, 0.29) is 22.3 Å². The van der Waals surface area contributed by atoms with E-state index >= 15 is 0 Å². The summed E-state index contributed by atoms with van der Waals surface area (Å²) < 4.78 is 5.77. The Morgan fingerprint density at radius 3 is 2.61 bits per heavy atom. The molecule has 1 aromatic heterocycles. The number of thioether (sulfide) groups is 1. The molecule has 0 saturated heterocycles. The Kier molecular flexibility index (Phi) is 5.15. The van der Waals surface area contributed by atoms with Crippen LogP contribution in [0.1, 0.15) is 11.3 Å². The number of halogens is 1. The van der Waals surface area contributed by atoms with E-state index < -0.39 is 10.8 Å². The first kappa shape index (κ1) is 20.9. The largest absolute Gasteiger partial charge is 0.457 e. The van der Waals surface area contributed by atoms with Gasteiger partial charge in [-0.05, 0) is 48.2 Å². The van der Waals surface area contributed by atoms with Crippen LogP contribution in [-0.4, -0.2) is 31.9 Å². The minimum Gasteiger partial charge on any atom is -0.457 e. The number of carbonyl (C=O) groups is 1. The average Bonchev–Trinajstić information content (AvgIpc) is 3.44. The maximum atomic E-state index is 12.6. The highest BCUT2D eigenvalue weighted by Gasteiger charge is 2.36. The molecule has 2 aliphatic heterocycles. The van der Waals surface area contributed by atoms with E-state index in [1.54, 1.807) is 42.5 Å². The Labute approximate surface area is 195 Å². The van der Waals surface area contributed by atoms with Crippen molar-refractivity contribution in [3.63, 3.8) is 0 Å². The third-order valence-corrected chi connectivity index (χ3v) is 6.11. The molecule has 2 aliphatic rings. The van der Waals surface area contributed by atoms with Crippen LogP contribution in [0, 0.1) is 15.5 Å². The third kappa shape index (κ3) is 3.86. The van der Waals surface area contributed by atoms with Crippen molar-refractivity contribution >= 4 is 57.1 Å². The van der Waals surface area contributed by atoms with Gasteiger partial charge in [0.05, 0.1) is 15.5 Å². The number of nitro benzene ring substituents is 1. The number of hydrazone groups is 1. The molecule has 33 heavy (non-hydrogen) atoms. The van der Waals surface area contributed by atoms with Crippen LogP contribution < -0.4 is 0 Å². The minimum atomic E-state index is -0.581. The fourth-order valence-corrected chi connectivity index (χ4v) is 4.42. The lowest BCUT2D eigenvalue weighted by molar-refractivity contribution is -0.384. The summed E-state index contributed by atoms with van der Waals surface area (Å²) in [5, 5.41) is 26.3. The molecule has 0 unspecified atom stereocenters. The third-order valence-electron chi connectivity index (χ3n) is 4.83. The van der Waals surface area contributed by atoms with Gasteiger partial charge < -0.3 is 4.42 Å². The Bertz CT molecular complexity index is 1420. The second kappa shape index (κ2) is 8.15. The molecule has 0 radical (unpaired) electrons. The fraction of sp³-hybridized carbons (Fsp3) is 0. The van der Waals surface area contributed by atoms with Crippen LogP contribution in [0.2, 0.25) is 5.02 Å². The number of amides is 1. The Morgan fingerprint density at radius 2 is 1.88 bits per heavy atom. The van der Waals surface area contributed by atoms with Gasteiger partial charge in [0.1, 0.15) is 16.6 Å². The highest BCUT2D eigenvalue weighted by molar-refractivity contribution is 8.27. The lowest BCUT2D eigenvalue weighted by Crippen LogP contribution is -2.35. The maximum absolute atomic E-state index is 12.6. The molecule has 11 heteroatoms. The molecule has 0 bridgehead atoms. The van der Waals surface area contributed by atoms with Gasteiger partial charge in [-0.3, -0.25) is 20.3 Å². The van der Waals surface area contributed by atoms with Crippen molar-refractivity contribution in [3.8, 4) is 11.3 Å². The molecule has 2 aromatic carbocycles. The van der Waals surface area contributed by atoms with Gasteiger partial charge in [-0.1, -0.05) is 29.8 Å². The highest BCUT2D eigenvalue weighted by atomic mass is 35.5. The van der Waals surface area contributed by atoms with Crippen molar-refractivity contribution in [2.45, 2.75) is 0 Å². The smallest absolute Gasteiger partial charge is 0.283 e. The van der Waals surface area contributed by atoms with E-state index in [9.17, 15) is 14.9 Å². The van der Waals surface area contributed by atoms with Gasteiger partial charge in [0.15, 0.2) is 5.84 Å². The predicted octanol–water partition coefficient (Wildman–Crippen LogP) is 5.18. The summed E-state index contributed by atoms with van der Waals surface area (Å²) in [7, 11) is 0. The normalized spacial score (nSPS) is 16.6. The zero-order chi connectivity index (χ0) is 23.1. The van der Waals surface area contributed by atoms with Crippen molar-refractivity contribution in [2.75, 3.05) is 0 Å². The number of furan rings is 1. The van der Waals surface area contributed by atoms with Crippen molar-refractivity contribution in [1.82, 2.24) is 5.01 Å². The second-order valence-electron chi connectivity index (χ2n) is 6.91. The summed E-state index contributed by atoms with van der Waals surface area (Å²) >= 11 is 7.41. The zero-order valence-corrected chi connectivity index (χ0v) is 18.1. The number of rotatable bonds is 4. The summed E-state index contributed by atoms with van der Waals surface area (Å²) in [6.45, 7) is 0. The molecule has 0 spiro atoms. The lowest BCUT2D eigenvalue weighted by Gasteiger charge is -2.19. The van der Waals surface area contributed by atoms with Gasteiger partial charge in [-0.15, -0.1) is 0 Å². The molecule has 1 N–H and O–H groups in total. The van der Waals surface area contributed by atoms with Crippen molar-refractivity contribution in [3.05, 3.63) is 92.7 Å². The summed E-state index contributed by atoms with van der Waals surface area (Å²) in [5.41, 5.74) is 1.32. The molecule has 1 amide bonds. The predicted molar refractivity (Wildman–Crippen MR) is 126 cm³/mol. The molecule has 9 nitrogen and oxygen atoms in total. The standard InChI is InChI=1S/C22H12ClN5O4S/c23-17-4-2-1-3-15(17)21-26-27-19(24)16(20(29)25-22(27)33-21)11-14-9-10-18(32-14)12-5-7-13(8-6-12)28(30)31/h1-11,24H/b16-11-,24-19?. The molecule has 0 fully saturated rings. The number of non-ortho nitro benzene ring substituents is 1. The first-order chi connectivity index (χ1) is 15.9. The molecule has 0 saturated carbocycles. The average molecular weight is 478 g/mol. The Hall–Kier alpha value is -4.02. The van der Waals surface area contributed by atoms with Gasteiger partial charge in [0.2, 0.25) is 5.17 Å². The molecular formula is C22H12ClN5O4S. The Balaban J connectivity index is 1.43. The zero-order valence-electron chi connectivity index (χ0n) is 16.6. The van der Waals surface area contributed by atoms with Gasteiger partial charge in [-0.25, -0.2) is 0 Å². The molecule has 3 heterocycles. The number of amidine groups is 2. The summed E-state index contributed by atoms with van der Waals surface area (Å²) in [6.07, 6.45) is 1.42. The van der Waals surface area contributed by atoms with E-state index in [0.29, 0.717) is 32.7 Å². The van der Waals surface area contributed by atoms with Crippen molar-refractivity contribution in [2.24, 2.45) is 10.1 Å². The number of nitrogens with one attached hydrogen (secondary N) is 1. The minimum absolute atomic E-state index is 0.0214. The van der Waals surface area contributed by atoms with Crippen LogP contribution in [0.4, 0.5) is 5.69 Å². The van der Waals surface area contributed by atoms with E-state index in [0.717, 1.165) is 11.8 Å². The molecule has 5 rings (SSSR count). The number of fused-ring (bicyclic) bond motifs is 1. The van der Waals surface area contributed by atoms with E-state index in [2.05, 4.69) is 10.1 Å². The molecule has 0 aliphatic carbocycles. The number of hydrogen-bond donors (Lipinski definition) is 1. The van der Waals surface area contributed by atoms with Crippen molar-refractivity contribution < 1.29 is 14.1 Å². The van der Waals surface area contributed by atoms with Gasteiger partial charge in [0.25, 0.3) is 11.6 Å². The van der Waals surface area contributed by atoms with Crippen molar-refractivity contribution in [1.29, 1.82) is 5.41 Å². The van der Waals surface area contributed by atoms with Crippen LogP contribution >= 0.6 is 23.4 Å². The second-order valence-corrected chi connectivity index (χ2v) is 8.27. The number of hydrogen-bond acceptors (Lipinski definition) is 7.